The first kappa shape index (κ1) is 20.0. The Morgan fingerprint density at radius 3 is 2.31 bits per heavy atom. The summed E-state index contributed by atoms with van der Waals surface area (Å²) >= 11 is 6.37. The normalized spacial score (nSPS) is 10.5. The Kier molecular flexibility index (Phi) is 6.81. The number of carbonyl (C=O) groups is 2. The van der Waals surface area contributed by atoms with Gasteiger partial charge in [0, 0.05) is 33.5 Å². The summed E-state index contributed by atoms with van der Waals surface area (Å²) < 4.78 is 0. The summed E-state index contributed by atoms with van der Waals surface area (Å²) in [6.07, 6.45) is 0.243. The molecule has 0 atom stereocenters. The van der Waals surface area contributed by atoms with Crippen LogP contribution in [-0.4, -0.2) is 30.3 Å². The van der Waals surface area contributed by atoms with E-state index in [2.05, 4.69) is 0 Å². The molecular weight excluding hydrogens is 348 g/mol. The van der Waals surface area contributed by atoms with E-state index in [1.54, 1.807) is 16.8 Å². The molecule has 0 N–H and O–H groups in total. The van der Waals surface area contributed by atoms with Crippen LogP contribution in [0.2, 0.25) is 5.02 Å². The molecule has 2 aromatic carbocycles. The highest BCUT2D eigenvalue weighted by Gasteiger charge is 2.20. The van der Waals surface area contributed by atoms with Crippen molar-refractivity contribution in [2.75, 3.05) is 18.5 Å². The van der Waals surface area contributed by atoms with Crippen molar-refractivity contribution in [3.63, 3.8) is 0 Å². The average molecular weight is 373 g/mol. The van der Waals surface area contributed by atoms with E-state index in [1.165, 1.54) is 6.92 Å². The van der Waals surface area contributed by atoms with E-state index >= 15 is 0 Å². The maximum absolute atomic E-state index is 12.5. The van der Waals surface area contributed by atoms with Gasteiger partial charge in [0.25, 0.3) is 0 Å². The Morgan fingerprint density at radius 1 is 1.08 bits per heavy atom. The first-order valence-electron chi connectivity index (χ1n) is 8.62. The Bertz CT molecular complexity index is 767. The molecule has 0 fully saturated rings. The van der Waals surface area contributed by atoms with Crippen molar-refractivity contribution in [3.05, 3.63) is 64.2 Å². The molecule has 138 valence electrons. The van der Waals surface area contributed by atoms with E-state index in [0.29, 0.717) is 23.8 Å². The van der Waals surface area contributed by atoms with Gasteiger partial charge in [0.05, 0.1) is 10.7 Å². The highest BCUT2D eigenvalue weighted by molar-refractivity contribution is 6.34. The summed E-state index contributed by atoms with van der Waals surface area (Å²) in [4.78, 5) is 27.9. The third kappa shape index (κ3) is 5.09. The van der Waals surface area contributed by atoms with Crippen LogP contribution in [0.3, 0.4) is 0 Å². The first-order valence-corrected chi connectivity index (χ1v) is 9.00. The Hall–Kier alpha value is -2.33. The summed E-state index contributed by atoms with van der Waals surface area (Å²) in [6, 6.07) is 13.6. The molecule has 0 saturated heterocycles. The minimum atomic E-state index is -0.127. The predicted octanol–water partition coefficient (Wildman–Crippen LogP) is 4.36. The van der Waals surface area contributed by atoms with Crippen molar-refractivity contribution < 1.29 is 9.59 Å². The fraction of sp³-hybridized carbons (Fsp3) is 0.333. The average Bonchev–Trinajstić information content (AvgIpc) is 2.57. The van der Waals surface area contributed by atoms with Gasteiger partial charge in [0.1, 0.15) is 0 Å². The number of benzene rings is 2. The van der Waals surface area contributed by atoms with Gasteiger partial charge in [-0.25, -0.2) is 0 Å². The highest BCUT2D eigenvalue weighted by atomic mass is 35.5. The third-order valence-corrected chi connectivity index (χ3v) is 4.57. The van der Waals surface area contributed by atoms with Gasteiger partial charge in [0.15, 0.2) is 0 Å². The molecule has 2 amide bonds. The molecule has 0 heterocycles. The van der Waals surface area contributed by atoms with Crippen molar-refractivity contribution in [1.82, 2.24) is 4.90 Å². The van der Waals surface area contributed by atoms with Gasteiger partial charge < -0.3 is 9.80 Å². The standard InChI is InChI=1S/C21H25ClN2O2/c1-15-12-16(2)21(19(22)13-15)24(17(3)25)11-10-20(26)23(4)14-18-8-6-5-7-9-18/h5-9,12-13H,10-11,14H2,1-4H3. The summed E-state index contributed by atoms with van der Waals surface area (Å²) in [5, 5.41) is 0.530. The van der Waals surface area contributed by atoms with Gasteiger partial charge in [0.2, 0.25) is 11.8 Å². The van der Waals surface area contributed by atoms with Gasteiger partial charge in [-0.1, -0.05) is 48.0 Å². The van der Waals surface area contributed by atoms with E-state index in [0.717, 1.165) is 16.7 Å². The molecule has 5 heteroatoms. The number of hydrogen-bond donors (Lipinski definition) is 0. The summed E-state index contributed by atoms with van der Waals surface area (Å²) in [5.41, 5.74) is 3.72. The number of amides is 2. The predicted molar refractivity (Wildman–Crippen MR) is 106 cm³/mol. The lowest BCUT2D eigenvalue weighted by molar-refractivity contribution is -0.130. The largest absolute Gasteiger partial charge is 0.341 e. The molecule has 0 aliphatic rings. The van der Waals surface area contributed by atoms with Crippen LogP contribution in [-0.2, 0) is 16.1 Å². The number of anilines is 1. The number of nitrogens with zero attached hydrogens (tertiary/aromatic N) is 2. The number of halogens is 1. The monoisotopic (exact) mass is 372 g/mol. The molecule has 0 unspecified atom stereocenters. The molecule has 2 aromatic rings. The maximum atomic E-state index is 12.5. The van der Waals surface area contributed by atoms with E-state index in [9.17, 15) is 9.59 Å². The molecule has 0 aliphatic carbocycles. The van der Waals surface area contributed by atoms with Crippen molar-refractivity contribution in [1.29, 1.82) is 0 Å². The van der Waals surface area contributed by atoms with Crippen molar-refractivity contribution in [2.24, 2.45) is 0 Å². The number of aryl methyl sites for hydroxylation is 2. The molecule has 0 saturated carbocycles. The van der Waals surface area contributed by atoms with Crippen LogP contribution in [0.1, 0.15) is 30.0 Å². The van der Waals surface area contributed by atoms with Gasteiger partial charge in [-0.05, 0) is 36.6 Å². The molecule has 0 spiro atoms. The maximum Gasteiger partial charge on any atom is 0.224 e. The zero-order valence-corrected chi connectivity index (χ0v) is 16.5. The minimum Gasteiger partial charge on any atom is -0.341 e. The number of rotatable bonds is 6. The summed E-state index contributed by atoms with van der Waals surface area (Å²) in [6.45, 7) is 6.23. The van der Waals surface area contributed by atoms with E-state index in [-0.39, 0.29) is 18.2 Å². The quantitative estimate of drug-likeness (QED) is 0.755. The topological polar surface area (TPSA) is 40.6 Å². The smallest absolute Gasteiger partial charge is 0.224 e. The molecular formula is C21H25ClN2O2. The van der Waals surface area contributed by atoms with Crippen LogP contribution in [0.4, 0.5) is 5.69 Å². The van der Waals surface area contributed by atoms with E-state index in [1.807, 2.05) is 56.3 Å². The molecule has 0 radical (unpaired) electrons. The van der Waals surface area contributed by atoms with E-state index in [4.69, 9.17) is 11.6 Å². The lowest BCUT2D eigenvalue weighted by Gasteiger charge is -2.26. The van der Waals surface area contributed by atoms with Crippen LogP contribution in [0.5, 0.6) is 0 Å². The van der Waals surface area contributed by atoms with Crippen LogP contribution >= 0.6 is 11.6 Å². The Morgan fingerprint density at radius 2 is 1.73 bits per heavy atom. The second kappa shape index (κ2) is 8.86. The molecule has 0 aliphatic heterocycles. The fourth-order valence-electron chi connectivity index (χ4n) is 3.02. The second-order valence-electron chi connectivity index (χ2n) is 6.57. The van der Waals surface area contributed by atoms with Gasteiger partial charge in [-0.2, -0.15) is 0 Å². The lowest BCUT2D eigenvalue weighted by atomic mass is 10.1. The van der Waals surface area contributed by atoms with Crippen molar-refractivity contribution in [3.8, 4) is 0 Å². The van der Waals surface area contributed by atoms with Crippen molar-refractivity contribution >= 4 is 29.1 Å². The third-order valence-electron chi connectivity index (χ3n) is 4.29. The Balaban J connectivity index is 2.07. The number of hydrogen-bond acceptors (Lipinski definition) is 2. The van der Waals surface area contributed by atoms with Gasteiger partial charge in [-0.3, -0.25) is 9.59 Å². The van der Waals surface area contributed by atoms with Gasteiger partial charge >= 0.3 is 0 Å². The van der Waals surface area contributed by atoms with Crippen LogP contribution < -0.4 is 4.90 Å². The summed E-state index contributed by atoms with van der Waals surface area (Å²) in [5.74, 6) is -0.140. The molecule has 4 nitrogen and oxygen atoms in total. The zero-order chi connectivity index (χ0) is 19.3. The van der Waals surface area contributed by atoms with Crippen LogP contribution in [0.15, 0.2) is 42.5 Å². The first-order chi connectivity index (χ1) is 12.3. The van der Waals surface area contributed by atoms with Gasteiger partial charge in [-0.15, -0.1) is 0 Å². The molecule has 0 aromatic heterocycles. The lowest BCUT2D eigenvalue weighted by Crippen LogP contribution is -2.35. The second-order valence-corrected chi connectivity index (χ2v) is 6.98. The fourth-order valence-corrected chi connectivity index (χ4v) is 3.44. The Labute approximate surface area is 160 Å². The molecule has 2 rings (SSSR count). The number of carbonyl (C=O) groups excluding carboxylic acids is 2. The molecule has 26 heavy (non-hydrogen) atoms. The summed E-state index contributed by atoms with van der Waals surface area (Å²) in [7, 11) is 1.78. The zero-order valence-electron chi connectivity index (χ0n) is 15.8. The minimum absolute atomic E-state index is 0.0130. The highest BCUT2D eigenvalue weighted by Crippen LogP contribution is 2.31. The van der Waals surface area contributed by atoms with E-state index < -0.39 is 0 Å². The van der Waals surface area contributed by atoms with Crippen molar-refractivity contribution in [2.45, 2.75) is 33.7 Å². The SMILES string of the molecule is CC(=O)N(CCC(=O)N(C)Cc1ccccc1)c1c(C)cc(C)cc1Cl. The van der Waals surface area contributed by atoms with Crippen LogP contribution in [0.25, 0.3) is 0 Å². The van der Waals surface area contributed by atoms with Crippen LogP contribution in [0, 0.1) is 13.8 Å². The molecule has 0 bridgehead atoms.